The van der Waals surface area contributed by atoms with Crippen LogP contribution in [0.2, 0.25) is 0 Å². The van der Waals surface area contributed by atoms with E-state index in [-0.39, 0.29) is 0 Å². The summed E-state index contributed by atoms with van der Waals surface area (Å²) in [6.07, 6.45) is 6.71. The minimum Gasteiger partial charge on any atom is -0.380 e. The average Bonchev–Trinajstić information content (AvgIpc) is 2.65. The van der Waals surface area contributed by atoms with E-state index in [1.807, 2.05) is 0 Å². The smallest absolute Gasteiger partial charge is 0.0622 e. The first-order valence-electron chi connectivity index (χ1n) is 6.37. The molecule has 2 rings (SSSR count). The Morgan fingerprint density at radius 3 is 3.00 bits per heavy atom. The van der Waals surface area contributed by atoms with Crippen molar-refractivity contribution in [1.29, 1.82) is 0 Å². The summed E-state index contributed by atoms with van der Waals surface area (Å²) in [5.41, 5.74) is 0. The lowest BCUT2D eigenvalue weighted by molar-refractivity contribution is 0.152. The molecule has 2 fully saturated rings. The summed E-state index contributed by atoms with van der Waals surface area (Å²) in [6, 6.07) is 1.37. The van der Waals surface area contributed by atoms with Crippen molar-refractivity contribution in [2.24, 2.45) is 0 Å². The molecule has 0 aromatic heterocycles. The highest BCUT2D eigenvalue weighted by Crippen LogP contribution is 2.14. The van der Waals surface area contributed by atoms with Crippen molar-refractivity contribution in [3.8, 4) is 0 Å². The first-order chi connectivity index (χ1) is 7.36. The Hall–Kier alpha value is -0.120. The molecule has 0 aromatic rings. The van der Waals surface area contributed by atoms with E-state index in [9.17, 15) is 0 Å². The van der Waals surface area contributed by atoms with Gasteiger partial charge < -0.3 is 10.1 Å². The van der Waals surface area contributed by atoms with Gasteiger partial charge in [0, 0.05) is 25.2 Å². The van der Waals surface area contributed by atoms with Gasteiger partial charge in [-0.15, -0.1) is 0 Å². The number of rotatable bonds is 3. The number of likely N-dealkylation sites (N-methyl/N-ethyl adjacent to an activating group) is 1. The van der Waals surface area contributed by atoms with Crippen LogP contribution in [0, 0.1) is 0 Å². The molecule has 3 heteroatoms. The molecule has 88 valence electrons. The van der Waals surface area contributed by atoms with Crippen LogP contribution in [-0.4, -0.2) is 50.3 Å². The second-order valence-corrected chi connectivity index (χ2v) is 4.96. The maximum atomic E-state index is 5.43. The van der Waals surface area contributed by atoms with Crippen molar-refractivity contribution in [1.82, 2.24) is 10.2 Å². The number of hydrogen-bond donors (Lipinski definition) is 1. The molecule has 0 spiro atoms. The molecule has 0 radical (unpaired) electrons. The first-order valence-corrected chi connectivity index (χ1v) is 6.37. The number of nitrogens with one attached hydrogen (secondary N) is 1. The lowest BCUT2D eigenvalue weighted by Gasteiger charge is -2.27. The summed E-state index contributed by atoms with van der Waals surface area (Å²) in [5, 5.41) is 3.65. The zero-order valence-electron chi connectivity index (χ0n) is 9.87. The first kappa shape index (κ1) is 11.4. The largest absolute Gasteiger partial charge is 0.380 e. The Kier molecular flexibility index (Phi) is 4.42. The van der Waals surface area contributed by atoms with Crippen LogP contribution in [0.5, 0.6) is 0 Å². The van der Waals surface area contributed by atoms with Gasteiger partial charge in [-0.25, -0.2) is 0 Å². The van der Waals surface area contributed by atoms with Crippen molar-refractivity contribution in [3.63, 3.8) is 0 Å². The zero-order valence-corrected chi connectivity index (χ0v) is 9.87. The predicted octanol–water partition coefficient (Wildman–Crippen LogP) is 1.24. The fourth-order valence-electron chi connectivity index (χ4n) is 2.62. The molecule has 2 atom stereocenters. The molecule has 3 nitrogen and oxygen atoms in total. The van der Waals surface area contributed by atoms with Crippen molar-refractivity contribution in [3.05, 3.63) is 0 Å². The molecular weight excluding hydrogens is 188 g/mol. The average molecular weight is 212 g/mol. The summed E-state index contributed by atoms with van der Waals surface area (Å²) in [4.78, 5) is 2.48. The molecule has 2 heterocycles. The highest BCUT2D eigenvalue weighted by atomic mass is 16.5. The van der Waals surface area contributed by atoms with Crippen LogP contribution in [0.1, 0.15) is 32.1 Å². The fraction of sp³-hybridized carbons (Fsp3) is 1.00. The van der Waals surface area contributed by atoms with Gasteiger partial charge in [-0.1, -0.05) is 12.8 Å². The van der Waals surface area contributed by atoms with E-state index in [4.69, 9.17) is 4.74 Å². The molecule has 2 aliphatic rings. The minimum absolute atomic E-state index is 0.662. The Labute approximate surface area is 93.2 Å². The highest BCUT2D eigenvalue weighted by Gasteiger charge is 2.22. The maximum absolute atomic E-state index is 5.43. The normalized spacial score (nSPS) is 33.2. The van der Waals surface area contributed by atoms with E-state index in [0.29, 0.717) is 12.1 Å². The molecule has 2 aliphatic heterocycles. The SMILES string of the molecule is CN(CC1CCCCCN1)C1CCOC1. The topological polar surface area (TPSA) is 24.5 Å². The summed E-state index contributed by atoms with van der Waals surface area (Å²) < 4.78 is 5.43. The number of ether oxygens (including phenoxy) is 1. The third-order valence-corrected chi connectivity index (χ3v) is 3.70. The van der Waals surface area contributed by atoms with E-state index < -0.39 is 0 Å². The summed E-state index contributed by atoms with van der Waals surface area (Å²) in [7, 11) is 2.24. The van der Waals surface area contributed by atoms with Gasteiger partial charge in [-0.2, -0.15) is 0 Å². The zero-order chi connectivity index (χ0) is 10.5. The standard InChI is InChI=1S/C12H24N2O/c1-14(12-6-8-15-10-12)9-11-5-3-2-4-7-13-11/h11-13H,2-10H2,1H3. The van der Waals surface area contributed by atoms with E-state index in [1.165, 1.54) is 45.2 Å². The third-order valence-electron chi connectivity index (χ3n) is 3.70. The molecular formula is C12H24N2O. The molecule has 1 N–H and O–H groups in total. The van der Waals surface area contributed by atoms with Gasteiger partial charge in [0.1, 0.15) is 0 Å². The van der Waals surface area contributed by atoms with Gasteiger partial charge in [0.25, 0.3) is 0 Å². The van der Waals surface area contributed by atoms with E-state index >= 15 is 0 Å². The predicted molar refractivity (Wildman–Crippen MR) is 62.1 cm³/mol. The molecule has 2 saturated heterocycles. The Balaban J connectivity index is 1.73. The van der Waals surface area contributed by atoms with Crippen molar-refractivity contribution >= 4 is 0 Å². The van der Waals surface area contributed by atoms with Crippen LogP contribution in [0.4, 0.5) is 0 Å². The third kappa shape index (κ3) is 3.44. The van der Waals surface area contributed by atoms with Gasteiger partial charge in [0.05, 0.1) is 6.61 Å². The minimum atomic E-state index is 0.662. The molecule has 0 amide bonds. The fourth-order valence-corrected chi connectivity index (χ4v) is 2.62. The monoisotopic (exact) mass is 212 g/mol. The van der Waals surface area contributed by atoms with Crippen LogP contribution >= 0.6 is 0 Å². The molecule has 2 unspecified atom stereocenters. The lowest BCUT2D eigenvalue weighted by atomic mass is 10.1. The molecule has 15 heavy (non-hydrogen) atoms. The van der Waals surface area contributed by atoms with E-state index in [2.05, 4.69) is 17.3 Å². The van der Waals surface area contributed by atoms with Gasteiger partial charge in [0.2, 0.25) is 0 Å². The second-order valence-electron chi connectivity index (χ2n) is 4.96. The van der Waals surface area contributed by atoms with Gasteiger partial charge in [-0.05, 0) is 32.9 Å². The van der Waals surface area contributed by atoms with Crippen molar-refractivity contribution in [2.45, 2.75) is 44.2 Å². The van der Waals surface area contributed by atoms with Crippen LogP contribution in [0.15, 0.2) is 0 Å². The van der Waals surface area contributed by atoms with Gasteiger partial charge in [-0.3, -0.25) is 4.90 Å². The van der Waals surface area contributed by atoms with Crippen LogP contribution in [0.3, 0.4) is 0 Å². The van der Waals surface area contributed by atoms with Crippen LogP contribution < -0.4 is 5.32 Å². The van der Waals surface area contributed by atoms with Crippen LogP contribution in [0.25, 0.3) is 0 Å². The Morgan fingerprint density at radius 2 is 2.20 bits per heavy atom. The van der Waals surface area contributed by atoms with E-state index in [0.717, 1.165) is 13.2 Å². The van der Waals surface area contributed by atoms with Crippen molar-refractivity contribution in [2.75, 3.05) is 33.4 Å². The van der Waals surface area contributed by atoms with Gasteiger partial charge >= 0.3 is 0 Å². The van der Waals surface area contributed by atoms with E-state index in [1.54, 1.807) is 0 Å². The maximum Gasteiger partial charge on any atom is 0.0622 e. The summed E-state index contributed by atoms with van der Waals surface area (Å²) in [6.45, 7) is 4.28. The van der Waals surface area contributed by atoms with Gasteiger partial charge in [0.15, 0.2) is 0 Å². The molecule has 0 bridgehead atoms. The highest BCUT2D eigenvalue weighted by molar-refractivity contribution is 4.79. The number of nitrogens with zero attached hydrogens (tertiary/aromatic N) is 1. The molecule has 0 saturated carbocycles. The summed E-state index contributed by atoms with van der Waals surface area (Å²) in [5.74, 6) is 0. The Morgan fingerprint density at radius 1 is 1.27 bits per heavy atom. The quantitative estimate of drug-likeness (QED) is 0.762. The Bertz CT molecular complexity index is 172. The van der Waals surface area contributed by atoms with Crippen LogP contribution in [-0.2, 0) is 4.74 Å². The molecule has 0 aromatic carbocycles. The second kappa shape index (κ2) is 5.83. The lowest BCUT2D eigenvalue weighted by Crippen LogP contribution is -2.43. The number of hydrogen-bond acceptors (Lipinski definition) is 3. The molecule has 0 aliphatic carbocycles. The summed E-state index contributed by atoms with van der Waals surface area (Å²) >= 11 is 0. The van der Waals surface area contributed by atoms with Crippen molar-refractivity contribution < 1.29 is 4.74 Å².